The first-order valence-corrected chi connectivity index (χ1v) is 6.22. The van der Waals surface area contributed by atoms with E-state index in [1.165, 1.54) is 5.56 Å². The Labute approximate surface area is 108 Å². The van der Waals surface area contributed by atoms with Crippen LogP contribution >= 0.6 is 0 Å². The molecule has 1 atom stereocenters. The standard InChI is InChI=1S/C15H19N3/c1-10-6-4-5-7-14(10)15-17-12(3)9-13(18-15)8-11(2)16/h4-7,9,11H,8,16H2,1-3H3. The van der Waals surface area contributed by atoms with Crippen LogP contribution in [-0.2, 0) is 6.42 Å². The highest BCUT2D eigenvalue weighted by Crippen LogP contribution is 2.20. The second-order valence-electron chi connectivity index (χ2n) is 4.82. The van der Waals surface area contributed by atoms with Gasteiger partial charge in [0.05, 0.1) is 0 Å². The van der Waals surface area contributed by atoms with Crippen LogP contribution in [0.5, 0.6) is 0 Å². The SMILES string of the molecule is Cc1cc(CC(C)N)nc(-c2ccccc2C)n1. The number of aromatic nitrogens is 2. The molecular formula is C15H19N3. The number of nitrogens with zero attached hydrogens (tertiary/aromatic N) is 2. The van der Waals surface area contributed by atoms with Gasteiger partial charge in [0, 0.05) is 29.4 Å². The van der Waals surface area contributed by atoms with Crippen molar-refractivity contribution in [2.45, 2.75) is 33.2 Å². The lowest BCUT2D eigenvalue weighted by atomic mass is 10.1. The van der Waals surface area contributed by atoms with Crippen molar-refractivity contribution in [3.8, 4) is 11.4 Å². The lowest BCUT2D eigenvalue weighted by molar-refractivity contribution is 0.719. The first kappa shape index (κ1) is 12.7. The third-order valence-electron chi connectivity index (χ3n) is 2.82. The van der Waals surface area contributed by atoms with E-state index in [2.05, 4.69) is 29.0 Å². The van der Waals surface area contributed by atoms with Crippen molar-refractivity contribution in [1.82, 2.24) is 9.97 Å². The number of hydrogen-bond donors (Lipinski definition) is 1. The molecule has 3 heteroatoms. The maximum atomic E-state index is 5.83. The van der Waals surface area contributed by atoms with Gasteiger partial charge in [-0.25, -0.2) is 9.97 Å². The van der Waals surface area contributed by atoms with Gasteiger partial charge in [-0.05, 0) is 32.4 Å². The molecule has 0 amide bonds. The Morgan fingerprint density at radius 1 is 1.17 bits per heavy atom. The van der Waals surface area contributed by atoms with Crippen LogP contribution in [0.4, 0.5) is 0 Å². The molecule has 94 valence electrons. The summed E-state index contributed by atoms with van der Waals surface area (Å²) < 4.78 is 0. The quantitative estimate of drug-likeness (QED) is 0.898. The molecule has 0 aliphatic carbocycles. The lowest BCUT2D eigenvalue weighted by Crippen LogP contribution is -2.19. The van der Waals surface area contributed by atoms with Gasteiger partial charge in [0.2, 0.25) is 0 Å². The second kappa shape index (κ2) is 5.27. The van der Waals surface area contributed by atoms with Gasteiger partial charge < -0.3 is 5.73 Å². The minimum atomic E-state index is 0.115. The summed E-state index contributed by atoms with van der Waals surface area (Å²) in [5.74, 6) is 0.795. The van der Waals surface area contributed by atoms with E-state index in [9.17, 15) is 0 Å². The fourth-order valence-corrected chi connectivity index (χ4v) is 2.01. The van der Waals surface area contributed by atoms with E-state index in [1.807, 2.05) is 32.0 Å². The molecule has 1 heterocycles. The zero-order chi connectivity index (χ0) is 13.1. The molecule has 0 saturated heterocycles. The molecule has 0 aliphatic rings. The third kappa shape index (κ3) is 2.93. The molecule has 0 saturated carbocycles. The van der Waals surface area contributed by atoms with Gasteiger partial charge in [0.15, 0.2) is 5.82 Å². The Balaban J connectivity index is 2.45. The van der Waals surface area contributed by atoms with Gasteiger partial charge in [-0.2, -0.15) is 0 Å². The number of benzene rings is 1. The Kier molecular flexibility index (Phi) is 3.72. The van der Waals surface area contributed by atoms with E-state index in [4.69, 9.17) is 5.73 Å². The van der Waals surface area contributed by atoms with Crippen LogP contribution in [0.1, 0.15) is 23.9 Å². The maximum Gasteiger partial charge on any atom is 0.159 e. The molecule has 18 heavy (non-hydrogen) atoms. The molecule has 0 bridgehead atoms. The largest absolute Gasteiger partial charge is 0.328 e. The van der Waals surface area contributed by atoms with Crippen LogP contribution in [-0.4, -0.2) is 16.0 Å². The molecule has 3 nitrogen and oxygen atoms in total. The van der Waals surface area contributed by atoms with Crippen LogP contribution in [0.25, 0.3) is 11.4 Å². The van der Waals surface area contributed by atoms with E-state index >= 15 is 0 Å². The van der Waals surface area contributed by atoms with Crippen LogP contribution in [0.3, 0.4) is 0 Å². The van der Waals surface area contributed by atoms with E-state index in [0.717, 1.165) is 29.2 Å². The molecule has 2 N–H and O–H groups in total. The van der Waals surface area contributed by atoms with Crippen molar-refractivity contribution < 1.29 is 0 Å². The maximum absolute atomic E-state index is 5.83. The van der Waals surface area contributed by atoms with Crippen LogP contribution in [0.2, 0.25) is 0 Å². The van der Waals surface area contributed by atoms with Crippen molar-refractivity contribution in [2.24, 2.45) is 5.73 Å². The zero-order valence-electron chi connectivity index (χ0n) is 11.1. The molecule has 2 rings (SSSR count). The summed E-state index contributed by atoms with van der Waals surface area (Å²) in [6, 6.07) is 10.3. The van der Waals surface area contributed by atoms with Crippen molar-refractivity contribution >= 4 is 0 Å². The van der Waals surface area contributed by atoms with Gasteiger partial charge in [0.1, 0.15) is 0 Å². The van der Waals surface area contributed by atoms with Gasteiger partial charge >= 0.3 is 0 Å². The molecular weight excluding hydrogens is 222 g/mol. The first-order valence-electron chi connectivity index (χ1n) is 6.22. The van der Waals surface area contributed by atoms with E-state index < -0.39 is 0 Å². The van der Waals surface area contributed by atoms with Gasteiger partial charge in [-0.1, -0.05) is 24.3 Å². The number of hydrogen-bond acceptors (Lipinski definition) is 3. The molecule has 0 spiro atoms. The van der Waals surface area contributed by atoms with Crippen LogP contribution < -0.4 is 5.73 Å². The van der Waals surface area contributed by atoms with Crippen molar-refractivity contribution in [2.75, 3.05) is 0 Å². The molecule has 0 radical (unpaired) electrons. The molecule has 1 aromatic carbocycles. The fraction of sp³-hybridized carbons (Fsp3) is 0.333. The average Bonchev–Trinajstić information content (AvgIpc) is 2.27. The van der Waals surface area contributed by atoms with E-state index in [-0.39, 0.29) is 6.04 Å². The van der Waals surface area contributed by atoms with Gasteiger partial charge in [0.25, 0.3) is 0 Å². The summed E-state index contributed by atoms with van der Waals surface area (Å²) in [6.07, 6.45) is 0.780. The predicted molar refractivity (Wildman–Crippen MR) is 74.3 cm³/mol. The fourth-order valence-electron chi connectivity index (χ4n) is 2.01. The number of aryl methyl sites for hydroxylation is 2. The van der Waals surface area contributed by atoms with Crippen molar-refractivity contribution in [1.29, 1.82) is 0 Å². The van der Waals surface area contributed by atoms with E-state index in [0.29, 0.717) is 0 Å². The Bertz CT molecular complexity index is 547. The average molecular weight is 241 g/mol. The Morgan fingerprint density at radius 2 is 1.89 bits per heavy atom. The lowest BCUT2D eigenvalue weighted by Gasteiger charge is -2.09. The normalized spacial score (nSPS) is 12.4. The third-order valence-corrected chi connectivity index (χ3v) is 2.82. The summed E-state index contributed by atoms with van der Waals surface area (Å²) in [7, 11) is 0. The smallest absolute Gasteiger partial charge is 0.159 e. The Hall–Kier alpha value is -1.74. The summed E-state index contributed by atoms with van der Waals surface area (Å²) >= 11 is 0. The summed E-state index contributed by atoms with van der Waals surface area (Å²) in [5, 5.41) is 0. The minimum absolute atomic E-state index is 0.115. The molecule has 2 aromatic rings. The monoisotopic (exact) mass is 241 g/mol. The number of rotatable bonds is 3. The summed E-state index contributed by atoms with van der Waals surface area (Å²) in [4.78, 5) is 9.13. The summed E-state index contributed by atoms with van der Waals surface area (Å²) in [5.41, 5.74) is 10.1. The summed E-state index contributed by atoms with van der Waals surface area (Å²) in [6.45, 7) is 6.06. The van der Waals surface area contributed by atoms with Crippen molar-refractivity contribution in [3.05, 3.63) is 47.3 Å². The first-order chi connectivity index (χ1) is 8.56. The van der Waals surface area contributed by atoms with Crippen molar-refractivity contribution in [3.63, 3.8) is 0 Å². The zero-order valence-corrected chi connectivity index (χ0v) is 11.1. The van der Waals surface area contributed by atoms with Gasteiger partial charge in [-0.3, -0.25) is 0 Å². The Morgan fingerprint density at radius 3 is 2.56 bits per heavy atom. The highest BCUT2D eigenvalue weighted by atomic mass is 14.9. The highest BCUT2D eigenvalue weighted by Gasteiger charge is 2.08. The van der Waals surface area contributed by atoms with Gasteiger partial charge in [-0.15, -0.1) is 0 Å². The van der Waals surface area contributed by atoms with Crippen LogP contribution in [0, 0.1) is 13.8 Å². The minimum Gasteiger partial charge on any atom is -0.328 e. The predicted octanol–water partition coefficient (Wildman–Crippen LogP) is 2.65. The van der Waals surface area contributed by atoms with E-state index in [1.54, 1.807) is 0 Å². The number of nitrogens with two attached hydrogens (primary N) is 1. The highest BCUT2D eigenvalue weighted by molar-refractivity contribution is 5.59. The second-order valence-corrected chi connectivity index (χ2v) is 4.82. The topological polar surface area (TPSA) is 51.8 Å². The molecule has 0 fully saturated rings. The molecule has 0 aliphatic heterocycles. The molecule has 1 unspecified atom stereocenters. The molecule has 1 aromatic heterocycles. The van der Waals surface area contributed by atoms with Crippen LogP contribution in [0.15, 0.2) is 30.3 Å².